The Morgan fingerprint density at radius 1 is 1.39 bits per heavy atom. The summed E-state index contributed by atoms with van der Waals surface area (Å²) < 4.78 is 0. The van der Waals surface area contributed by atoms with E-state index in [9.17, 15) is 4.79 Å². The van der Waals surface area contributed by atoms with Crippen molar-refractivity contribution in [1.82, 2.24) is 0 Å². The van der Waals surface area contributed by atoms with Gasteiger partial charge in [-0.25, -0.2) is 0 Å². The fraction of sp³-hybridized carbons (Fsp3) is 0.500. The minimum Gasteiger partial charge on any atom is -0.320 e. The smallest absolute Gasteiger partial charge is 0.243 e. The van der Waals surface area contributed by atoms with Crippen molar-refractivity contribution in [2.24, 2.45) is 5.73 Å². The van der Waals surface area contributed by atoms with Crippen LogP contribution in [-0.2, 0) is 11.2 Å². The lowest BCUT2D eigenvalue weighted by Gasteiger charge is -2.32. The van der Waals surface area contributed by atoms with Crippen LogP contribution in [-0.4, -0.2) is 18.5 Å². The fourth-order valence-corrected chi connectivity index (χ4v) is 2.55. The molecule has 0 aliphatic carbocycles. The Hall–Kier alpha value is -1.06. The van der Waals surface area contributed by atoms with E-state index in [1.165, 1.54) is 16.7 Å². The maximum atomic E-state index is 12.1. The lowest BCUT2D eigenvalue weighted by atomic mass is 9.94. The molecule has 0 spiro atoms. The Morgan fingerprint density at radius 2 is 2.06 bits per heavy atom. The van der Waals surface area contributed by atoms with Gasteiger partial charge < -0.3 is 10.6 Å². The molecule has 1 atom stereocenters. The van der Waals surface area contributed by atoms with Crippen molar-refractivity contribution in [2.75, 3.05) is 11.4 Å². The molecule has 2 N–H and O–H groups in total. The highest BCUT2D eigenvalue weighted by Crippen LogP contribution is 2.31. The van der Waals surface area contributed by atoms with Crippen LogP contribution in [0.5, 0.6) is 0 Å². The van der Waals surface area contributed by atoms with Crippen LogP contribution in [0.2, 0.25) is 0 Å². The van der Waals surface area contributed by atoms with Gasteiger partial charge in [0.2, 0.25) is 5.91 Å². The van der Waals surface area contributed by atoms with Crippen LogP contribution < -0.4 is 10.6 Å². The predicted octanol–water partition coefficient (Wildman–Crippen LogP) is 2.35. The first kappa shape index (κ1) is 15.0. The summed E-state index contributed by atoms with van der Waals surface area (Å²) in [4.78, 5) is 13.9. The van der Waals surface area contributed by atoms with E-state index in [2.05, 4.69) is 26.0 Å². The number of carbonyl (C=O) groups excluding carboxylic acids is 1. The third-order valence-electron chi connectivity index (χ3n) is 3.35. The minimum atomic E-state index is -0.429. The summed E-state index contributed by atoms with van der Waals surface area (Å²) in [5.41, 5.74) is 10.6. The first-order valence-corrected chi connectivity index (χ1v) is 6.18. The summed E-state index contributed by atoms with van der Waals surface area (Å²) >= 11 is 0. The van der Waals surface area contributed by atoms with Crippen molar-refractivity contribution in [3.8, 4) is 0 Å². The maximum absolute atomic E-state index is 12.1. The summed E-state index contributed by atoms with van der Waals surface area (Å²) in [6, 6.07) is 3.85. The number of aryl methyl sites for hydroxylation is 2. The second-order valence-corrected chi connectivity index (χ2v) is 4.96. The number of nitrogens with zero attached hydrogens (tertiary/aromatic N) is 1. The molecule has 0 unspecified atom stereocenters. The van der Waals surface area contributed by atoms with Gasteiger partial charge in [-0.3, -0.25) is 4.79 Å². The van der Waals surface area contributed by atoms with E-state index in [-0.39, 0.29) is 18.3 Å². The fourth-order valence-electron chi connectivity index (χ4n) is 2.55. The summed E-state index contributed by atoms with van der Waals surface area (Å²) in [7, 11) is 0. The molecule has 1 aromatic carbocycles. The highest BCUT2D eigenvalue weighted by Gasteiger charge is 2.25. The van der Waals surface area contributed by atoms with Crippen molar-refractivity contribution in [3.63, 3.8) is 0 Å². The number of benzene rings is 1. The number of anilines is 1. The topological polar surface area (TPSA) is 46.3 Å². The zero-order valence-electron chi connectivity index (χ0n) is 11.2. The van der Waals surface area contributed by atoms with Crippen molar-refractivity contribution < 1.29 is 4.79 Å². The van der Waals surface area contributed by atoms with Gasteiger partial charge in [0, 0.05) is 12.2 Å². The summed E-state index contributed by atoms with van der Waals surface area (Å²) in [6.07, 6.45) is 2.08. The van der Waals surface area contributed by atoms with Crippen LogP contribution in [0.25, 0.3) is 0 Å². The molecule has 0 saturated heterocycles. The number of amides is 1. The number of hydrogen-bond acceptors (Lipinski definition) is 2. The Kier molecular flexibility index (Phi) is 4.77. The van der Waals surface area contributed by atoms with Crippen LogP contribution in [0.4, 0.5) is 5.69 Å². The molecule has 2 rings (SSSR count). The van der Waals surface area contributed by atoms with E-state index >= 15 is 0 Å². The number of hydrogen-bond donors (Lipinski definition) is 1. The number of nitrogens with two attached hydrogens (primary N) is 1. The second-order valence-electron chi connectivity index (χ2n) is 4.96. The van der Waals surface area contributed by atoms with E-state index in [4.69, 9.17) is 5.73 Å². The lowest BCUT2D eigenvalue weighted by Crippen LogP contribution is -2.44. The van der Waals surface area contributed by atoms with E-state index in [1.54, 1.807) is 6.92 Å². The van der Waals surface area contributed by atoms with Crippen LogP contribution in [0.15, 0.2) is 12.1 Å². The summed E-state index contributed by atoms with van der Waals surface area (Å²) in [5, 5.41) is 0. The molecule has 1 aromatic rings. The Morgan fingerprint density at radius 3 is 2.67 bits per heavy atom. The van der Waals surface area contributed by atoms with Gasteiger partial charge in [0.1, 0.15) is 0 Å². The highest BCUT2D eigenvalue weighted by molar-refractivity contribution is 5.98. The SMILES string of the molecule is Cc1cc(C)c2c(c1)N(C(=O)[C@H](C)N)CCC2.Cl. The zero-order chi connectivity index (χ0) is 12.6. The largest absolute Gasteiger partial charge is 0.320 e. The van der Waals surface area contributed by atoms with Gasteiger partial charge in [0.15, 0.2) is 0 Å². The first-order valence-electron chi connectivity index (χ1n) is 6.18. The number of halogens is 1. The van der Waals surface area contributed by atoms with Gasteiger partial charge in [0.25, 0.3) is 0 Å². The maximum Gasteiger partial charge on any atom is 0.243 e. The van der Waals surface area contributed by atoms with Crippen molar-refractivity contribution in [2.45, 2.75) is 39.7 Å². The average molecular weight is 269 g/mol. The molecular formula is C14H21ClN2O. The molecule has 18 heavy (non-hydrogen) atoms. The molecule has 1 aliphatic heterocycles. The molecule has 0 bridgehead atoms. The third-order valence-corrected chi connectivity index (χ3v) is 3.35. The Bertz CT molecular complexity index is 457. The summed E-state index contributed by atoms with van der Waals surface area (Å²) in [6.45, 7) is 6.72. The minimum absolute atomic E-state index is 0. The molecule has 3 nitrogen and oxygen atoms in total. The molecule has 0 saturated carbocycles. The average Bonchev–Trinajstić information content (AvgIpc) is 2.27. The lowest BCUT2D eigenvalue weighted by molar-refractivity contribution is -0.119. The van der Waals surface area contributed by atoms with Gasteiger partial charge in [0.05, 0.1) is 6.04 Å². The number of fused-ring (bicyclic) bond motifs is 1. The van der Waals surface area contributed by atoms with Crippen molar-refractivity contribution in [3.05, 3.63) is 28.8 Å². The van der Waals surface area contributed by atoms with Gasteiger partial charge in [-0.05, 0) is 56.4 Å². The van der Waals surface area contributed by atoms with Crippen LogP contribution in [0.1, 0.15) is 30.0 Å². The molecule has 100 valence electrons. The van der Waals surface area contributed by atoms with E-state index in [0.29, 0.717) is 0 Å². The van der Waals surface area contributed by atoms with Crippen LogP contribution >= 0.6 is 12.4 Å². The number of carbonyl (C=O) groups is 1. The Labute approximate surface area is 115 Å². The van der Waals surface area contributed by atoms with Gasteiger partial charge in [-0.2, -0.15) is 0 Å². The molecule has 4 heteroatoms. The molecule has 0 radical (unpaired) electrons. The van der Waals surface area contributed by atoms with E-state index in [1.807, 2.05) is 4.90 Å². The van der Waals surface area contributed by atoms with E-state index < -0.39 is 6.04 Å². The van der Waals surface area contributed by atoms with Crippen LogP contribution in [0, 0.1) is 13.8 Å². The van der Waals surface area contributed by atoms with Crippen molar-refractivity contribution in [1.29, 1.82) is 0 Å². The van der Waals surface area contributed by atoms with Gasteiger partial charge in [-0.15, -0.1) is 12.4 Å². The van der Waals surface area contributed by atoms with E-state index in [0.717, 1.165) is 25.1 Å². The molecule has 0 aromatic heterocycles. The second kappa shape index (κ2) is 5.72. The zero-order valence-corrected chi connectivity index (χ0v) is 12.0. The molecule has 1 heterocycles. The van der Waals surface area contributed by atoms with Crippen LogP contribution in [0.3, 0.4) is 0 Å². The Balaban J connectivity index is 0.00000162. The normalized spacial score (nSPS) is 15.7. The predicted molar refractivity (Wildman–Crippen MR) is 77.5 cm³/mol. The number of rotatable bonds is 1. The molecule has 1 aliphatic rings. The van der Waals surface area contributed by atoms with Gasteiger partial charge >= 0.3 is 0 Å². The molecular weight excluding hydrogens is 248 g/mol. The van der Waals surface area contributed by atoms with Crippen molar-refractivity contribution >= 4 is 24.0 Å². The molecule has 1 amide bonds. The molecule has 0 fully saturated rings. The first-order chi connectivity index (χ1) is 8.00. The van der Waals surface area contributed by atoms with Gasteiger partial charge in [-0.1, -0.05) is 6.07 Å². The highest BCUT2D eigenvalue weighted by atomic mass is 35.5. The summed E-state index contributed by atoms with van der Waals surface area (Å²) in [5.74, 6) is 0.0240. The third kappa shape index (κ3) is 2.68. The standard InChI is InChI=1S/C14H20N2O.ClH/c1-9-7-10(2)12-5-4-6-16(13(12)8-9)14(17)11(3)15;/h7-8,11H,4-6,15H2,1-3H3;1H/t11-;/m0./s1. The quantitative estimate of drug-likeness (QED) is 0.850. The monoisotopic (exact) mass is 268 g/mol.